The molecule has 2 unspecified atom stereocenters. The third-order valence-electron chi connectivity index (χ3n) is 7.01. The minimum absolute atomic E-state index is 0.0238. The highest BCUT2D eigenvalue weighted by Gasteiger charge is 2.37. The van der Waals surface area contributed by atoms with Crippen molar-refractivity contribution in [1.82, 2.24) is 15.5 Å². The van der Waals surface area contributed by atoms with Crippen LogP contribution in [0.15, 0.2) is 48.5 Å². The molecule has 0 saturated carbocycles. The number of carbonyl (C=O) groups is 4. The number of nitrogens with two attached hydrogens (primary N) is 1. The van der Waals surface area contributed by atoms with E-state index in [4.69, 9.17) is 10.5 Å². The van der Waals surface area contributed by atoms with Crippen molar-refractivity contribution in [2.45, 2.75) is 104 Å². The Morgan fingerprint density at radius 1 is 0.952 bits per heavy atom. The summed E-state index contributed by atoms with van der Waals surface area (Å²) in [5, 5.41) is 5.67. The maximum atomic E-state index is 14.3. The van der Waals surface area contributed by atoms with Crippen molar-refractivity contribution in [1.29, 1.82) is 0 Å². The lowest BCUT2D eigenvalue weighted by atomic mass is 9.94. The maximum absolute atomic E-state index is 14.3. The Morgan fingerprint density at radius 3 is 2.26 bits per heavy atom. The van der Waals surface area contributed by atoms with Gasteiger partial charge in [-0.2, -0.15) is 0 Å². The predicted molar refractivity (Wildman–Crippen MR) is 164 cm³/mol. The number of ether oxygens (including phenoxy) is 1. The largest absolute Gasteiger partial charge is 0.444 e. The molecule has 2 rings (SSSR count). The number of primary amides is 1. The molecule has 0 saturated heterocycles. The zero-order valence-electron chi connectivity index (χ0n) is 26.0. The van der Waals surface area contributed by atoms with Gasteiger partial charge in [0.1, 0.15) is 17.7 Å². The Hall–Kier alpha value is -3.88. The van der Waals surface area contributed by atoms with E-state index in [1.54, 1.807) is 25.7 Å². The lowest BCUT2D eigenvalue weighted by Gasteiger charge is -2.35. The van der Waals surface area contributed by atoms with Gasteiger partial charge in [0, 0.05) is 19.5 Å². The molecule has 0 radical (unpaired) electrons. The van der Waals surface area contributed by atoms with E-state index in [0.29, 0.717) is 25.1 Å². The Balaban J connectivity index is 2.54. The van der Waals surface area contributed by atoms with Crippen molar-refractivity contribution in [3.05, 3.63) is 70.8 Å². The summed E-state index contributed by atoms with van der Waals surface area (Å²) in [5.74, 6) is -1.40. The number of hydrogen-bond acceptors (Lipinski definition) is 5. The average Bonchev–Trinajstić information content (AvgIpc) is 2.92. The highest BCUT2D eigenvalue weighted by atomic mass is 16.6. The molecule has 0 aromatic heterocycles. The molecular formula is C33H48N4O5. The molecule has 42 heavy (non-hydrogen) atoms. The van der Waals surface area contributed by atoms with Crippen molar-refractivity contribution >= 4 is 23.8 Å². The van der Waals surface area contributed by atoms with Gasteiger partial charge in [-0.25, -0.2) is 4.79 Å². The normalized spacial score (nSPS) is 12.6. The minimum Gasteiger partial charge on any atom is -0.444 e. The van der Waals surface area contributed by atoms with Gasteiger partial charge in [-0.3, -0.25) is 14.4 Å². The predicted octanol–water partition coefficient (Wildman–Crippen LogP) is 5.23. The number of unbranched alkanes of at least 4 members (excludes halogenated alkanes) is 3. The summed E-state index contributed by atoms with van der Waals surface area (Å²) in [6, 6.07) is 13.2. The molecule has 4 amide bonds. The molecule has 0 aliphatic heterocycles. The maximum Gasteiger partial charge on any atom is 0.408 e. The van der Waals surface area contributed by atoms with Gasteiger partial charge < -0.3 is 26.0 Å². The van der Waals surface area contributed by atoms with Gasteiger partial charge in [-0.05, 0) is 69.7 Å². The quantitative estimate of drug-likeness (QED) is 0.248. The van der Waals surface area contributed by atoms with E-state index in [1.165, 1.54) is 0 Å². The van der Waals surface area contributed by atoms with Crippen molar-refractivity contribution in [3.63, 3.8) is 0 Å². The van der Waals surface area contributed by atoms with Gasteiger partial charge in [0.2, 0.25) is 17.7 Å². The average molecular weight is 581 g/mol. The lowest BCUT2D eigenvalue weighted by Crippen LogP contribution is -2.53. The molecule has 230 valence electrons. The number of amides is 4. The molecule has 0 spiro atoms. The molecule has 2 aromatic rings. The molecule has 0 aliphatic carbocycles. The molecule has 0 heterocycles. The number of nitrogens with zero attached hydrogens (tertiary/aromatic N) is 1. The third-order valence-corrected chi connectivity index (χ3v) is 7.01. The highest BCUT2D eigenvalue weighted by Crippen LogP contribution is 2.28. The first-order valence-corrected chi connectivity index (χ1v) is 14.8. The Labute approximate surface area is 250 Å². The molecule has 9 heteroatoms. The first-order chi connectivity index (χ1) is 19.8. The van der Waals surface area contributed by atoms with E-state index in [-0.39, 0.29) is 18.7 Å². The van der Waals surface area contributed by atoms with Gasteiger partial charge in [0.15, 0.2) is 0 Å². The first kappa shape index (κ1) is 34.3. The lowest BCUT2D eigenvalue weighted by molar-refractivity contribution is -0.143. The fraction of sp³-hybridized carbons (Fsp3) is 0.515. The number of carbonyl (C=O) groups excluding carboxylic acids is 4. The second-order valence-electron chi connectivity index (χ2n) is 11.7. The number of rotatable bonds is 15. The number of alkyl carbamates (subject to hydrolysis) is 1. The van der Waals surface area contributed by atoms with Crippen LogP contribution in [0, 0.1) is 13.8 Å². The van der Waals surface area contributed by atoms with Crippen LogP contribution in [0.2, 0.25) is 0 Å². The van der Waals surface area contributed by atoms with E-state index < -0.39 is 35.6 Å². The third kappa shape index (κ3) is 11.2. The van der Waals surface area contributed by atoms with Crippen LogP contribution < -0.4 is 16.4 Å². The SMILES string of the molecule is CCCCCCN(C(=O)C(CCC(N)=O)NC(=O)OC(C)(C)C)C(C(=O)NCc1ccccc1)c1cccc(C)c1C. The molecular weight excluding hydrogens is 532 g/mol. The Morgan fingerprint density at radius 2 is 1.64 bits per heavy atom. The van der Waals surface area contributed by atoms with Gasteiger partial charge in [-0.1, -0.05) is 74.7 Å². The number of benzene rings is 2. The number of nitrogens with one attached hydrogen (secondary N) is 2. The fourth-order valence-corrected chi connectivity index (χ4v) is 4.67. The molecule has 0 bridgehead atoms. The summed E-state index contributed by atoms with van der Waals surface area (Å²) in [6.07, 6.45) is 2.60. The molecule has 0 aliphatic rings. The van der Waals surface area contributed by atoms with Crippen LogP contribution in [-0.4, -0.2) is 46.9 Å². The highest BCUT2D eigenvalue weighted by molar-refractivity contribution is 5.92. The van der Waals surface area contributed by atoms with Crippen molar-refractivity contribution in [2.24, 2.45) is 5.73 Å². The van der Waals surface area contributed by atoms with E-state index in [9.17, 15) is 19.2 Å². The summed E-state index contributed by atoms with van der Waals surface area (Å²) in [5.41, 5.74) is 8.15. The molecule has 9 nitrogen and oxygen atoms in total. The Kier molecular flexibility index (Phi) is 13.5. The molecule has 2 aromatic carbocycles. The summed E-state index contributed by atoms with van der Waals surface area (Å²) in [6.45, 7) is 11.8. The number of hydrogen-bond donors (Lipinski definition) is 3. The van der Waals surface area contributed by atoms with Gasteiger partial charge in [0.05, 0.1) is 0 Å². The van der Waals surface area contributed by atoms with Gasteiger partial charge in [0.25, 0.3) is 0 Å². The van der Waals surface area contributed by atoms with Crippen LogP contribution in [0.4, 0.5) is 4.79 Å². The zero-order chi connectivity index (χ0) is 31.3. The summed E-state index contributed by atoms with van der Waals surface area (Å²) in [7, 11) is 0. The summed E-state index contributed by atoms with van der Waals surface area (Å²) < 4.78 is 5.42. The van der Waals surface area contributed by atoms with E-state index >= 15 is 0 Å². The monoisotopic (exact) mass is 580 g/mol. The minimum atomic E-state index is -1.12. The zero-order valence-corrected chi connectivity index (χ0v) is 26.0. The second kappa shape index (κ2) is 16.5. The van der Waals surface area contributed by atoms with Gasteiger partial charge in [-0.15, -0.1) is 0 Å². The van der Waals surface area contributed by atoms with Crippen LogP contribution in [-0.2, 0) is 25.7 Å². The van der Waals surface area contributed by atoms with E-state index in [0.717, 1.165) is 36.0 Å². The first-order valence-electron chi connectivity index (χ1n) is 14.8. The van der Waals surface area contributed by atoms with E-state index in [2.05, 4.69) is 17.6 Å². The second-order valence-corrected chi connectivity index (χ2v) is 11.7. The molecule has 0 fully saturated rings. The van der Waals surface area contributed by atoms with Crippen LogP contribution in [0.1, 0.15) is 94.5 Å². The van der Waals surface area contributed by atoms with Crippen LogP contribution in [0.25, 0.3) is 0 Å². The smallest absolute Gasteiger partial charge is 0.408 e. The van der Waals surface area contributed by atoms with Crippen LogP contribution in [0.3, 0.4) is 0 Å². The van der Waals surface area contributed by atoms with Gasteiger partial charge >= 0.3 is 6.09 Å². The standard InChI is InChI=1S/C33H48N4O5/c1-7-8-9-13-21-37(31(40)27(19-20-28(34)38)36-32(41)42-33(4,5)6)29(26-18-14-15-23(2)24(26)3)30(39)35-22-25-16-11-10-12-17-25/h10-12,14-18,27,29H,7-9,13,19-22H2,1-6H3,(H2,34,38)(H,35,39)(H,36,41). The van der Waals surface area contributed by atoms with Crippen LogP contribution >= 0.6 is 0 Å². The van der Waals surface area contributed by atoms with Crippen molar-refractivity contribution < 1.29 is 23.9 Å². The summed E-state index contributed by atoms with van der Waals surface area (Å²) >= 11 is 0. The summed E-state index contributed by atoms with van der Waals surface area (Å²) in [4.78, 5) is 54.4. The van der Waals surface area contributed by atoms with Crippen molar-refractivity contribution in [2.75, 3.05) is 6.54 Å². The number of aryl methyl sites for hydroxylation is 1. The Bertz CT molecular complexity index is 1190. The van der Waals surface area contributed by atoms with E-state index in [1.807, 2.05) is 62.4 Å². The molecule has 2 atom stereocenters. The molecule has 4 N–H and O–H groups in total. The van der Waals surface area contributed by atoms with Crippen molar-refractivity contribution in [3.8, 4) is 0 Å². The fourth-order valence-electron chi connectivity index (χ4n) is 4.67. The topological polar surface area (TPSA) is 131 Å². The van der Waals surface area contributed by atoms with Crippen LogP contribution in [0.5, 0.6) is 0 Å².